The second kappa shape index (κ2) is 12.9. The Labute approximate surface area is 252 Å². The number of benzene rings is 2. The van der Waals surface area contributed by atoms with Crippen molar-refractivity contribution in [2.24, 2.45) is 0 Å². The molecule has 0 saturated carbocycles. The van der Waals surface area contributed by atoms with E-state index < -0.39 is 103 Å². The lowest BCUT2D eigenvalue weighted by Crippen LogP contribution is -2.60. The van der Waals surface area contributed by atoms with Crippen molar-refractivity contribution in [1.29, 1.82) is 0 Å². The zero-order valence-electron chi connectivity index (χ0n) is 23.4. The molecule has 10 N–H and O–H groups in total. The van der Waals surface area contributed by atoms with Crippen molar-refractivity contribution in [3.05, 3.63) is 40.6 Å². The quantitative estimate of drug-likeness (QED) is 0.119. The number of aromatic hydroxyl groups is 2. The first-order valence-electron chi connectivity index (χ1n) is 13.6. The Morgan fingerprint density at radius 2 is 1.27 bits per heavy atom. The molecule has 1 aromatic heterocycles. The minimum atomic E-state index is -1.91. The predicted molar refractivity (Wildman–Crippen MR) is 147 cm³/mol. The fourth-order valence-corrected chi connectivity index (χ4v) is 5.05. The van der Waals surface area contributed by atoms with E-state index in [1.54, 1.807) is 0 Å². The number of fused-ring (bicyclic) bond motifs is 1. The molecule has 0 amide bonds. The van der Waals surface area contributed by atoms with Gasteiger partial charge >= 0.3 is 0 Å². The molecule has 45 heavy (non-hydrogen) atoms. The number of phenols is 2. The second-order valence-corrected chi connectivity index (χ2v) is 10.4. The number of methoxy groups -OCH3 is 1. The van der Waals surface area contributed by atoms with Gasteiger partial charge in [0.15, 0.2) is 17.1 Å². The summed E-state index contributed by atoms with van der Waals surface area (Å²) < 4.78 is 33.5. The van der Waals surface area contributed by atoms with E-state index in [4.69, 9.17) is 28.1 Å². The Hall–Kier alpha value is -3.75. The van der Waals surface area contributed by atoms with Crippen molar-refractivity contribution in [3.63, 3.8) is 0 Å². The van der Waals surface area contributed by atoms with Crippen LogP contribution in [0.4, 0.5) is 0 Å². The first-order chi connectivity index (χ1) is 21.4. The third-order valence-electron chi connectivity index (χ3n) is 7.53. The molecule has 5 rings (SSSR count). The average Bonchev–Trinajstić information content (AvgIpc) is 3.02. The first-order valence-corrected chi connectivity index (χ1v) is 13.6. The number of phenolic OH excluding ortho intramolecular Hbond substituents is 2. The predicted octanol–water partition coefficient (Wildman–Crippen LogP) is -2.76. The zero-order valence-corrected chi connectivity index (χ0v) is 23.4. The van der Waals surface area contributed by atoms with Crippen LogP contribution in [0.5, 0.6) is 28.7 Å². The fourth-order valence-electron chi connectivity index (χ4n) is 5.05. The Morgan fingerprint density at radius 1 is 0.733 bits per heavy atom. The number of ether oxygens (including phenoxy) is 5. The third-order valence-corrected chi connectivity index (χ3v) is 7.53. The van der Waals surface area contributed by atoms with Gasteiger partial charge in [-0.05, 0) is 24.3 Å². The van der Waals surface area contributed by atoms with Gasteiger partial charge in [-0.15, -0.1) is 0 Å². The first kappa shape index (κ1) is 32.6. The Bertz CT molecular complexity index is 1550. The third kappa shape index (κ3) is 5.86. The van der Waals surface area contributed by atoms with Crippen LogP contribution >= 0.6 is 0 Å². The van der Waals surface area contributed by atoms with Gasteiger partial charge in [-0.25, -0.2) is 0 Å². The summed E-state index contributed by atoms with van der Waals surface area (Å²) in [5, 5.41) is 101. The van der Waals surface area contributed by atoms with Gasteiger partial charge in [0.25, 0.3) is 0 Å². The van der Waals surface area contributed by atoms with Gasteiger partial charge in [0, 0.05) is 11.6 Å². The number of hydrogen-bond donors (Lipinski definition) is 10. The highest BCUT2D eigenvalue weighted by atomic mass is 16.7. The molecule has 3 aromatic rings. The molecule has 0 unspecified atom stereocenters. The minimum absolute atomic E-state index is 0.119. The van der Waals surface area contributed by atoms with Gasteiger partial charge in [0.2, 0.25) is 29.5 Å². The van der Waals surface area contributed by atoms with Gasteiger partial charge in [-0.1, -0.05) is 0 Å². The molecule has 246 valence electrons. The lowest BCUT2D eigenvalue weighted by Gasteiger charge is -2.39. The molecule has 3 heterocycles. The SMILES string of the molecule is COc1c(O[C@@H]2O[C@@H](CO)[C@@H](O)[C@@H](O)[C@@H]2O)cc(O)c2c(=O)c(O[C@H]3O[C@H](CO)[C@@H](O)[C@@H](O)[C@@H]3O)c(-c3ccc(O)cc3)oc12. The summed E-state index contributed by atoms with van der Waals surface area (Å²) in [6.07, 6.45) is -17.0. The number of hydrogen-bond acceptors (Lipinski definition) is 17. The molecule has 17 nitrogen and oxygen atoms in total. The number of aliphatic hydroxyl groups is 8. The highest BCUT2D eigenvalue weighted by Crippen LogP contribution is 2.45. The maximum Gasteiger partial charge on any atom is 0.239 e. The molecule has 2 aliphatic heterocycles. The largest absolute Gasteiger partial charge is 0.508 e. The number of rotatable bonds is 8. The van der Waals surface area contributed by atoms with Gasteiger partial charge in [-0.2, -0.15) is 0 Å². The van der Waals surface area contributed by atoms with Gasteiger partial charge < -0.3 is 79.2 Å². The van der Waals surface area contributed by atoms with Crippen molar-refractivity contribution in [2.75, 3.05) is 20.3 Å². The summed E-state index contributed by atoms with van der Waals surface area (Å²) in [6, 6.07) is 6.08. The highest BCUT2D eigenvalue weighted by molar-refractivity contribution is 5.93. The summed E-state index contributed by atoms with van der Waals surface area (Å²) in [5.74, 6) is -2.62. The molecule has 2 fully saturated rings. The summed E-state index contributed by atoms with van der Waals surface area (Å²) in [5.41, 5.74) is -1.36. The van der Waals surface area contributed by atoms with E-state index in [0.717, 1.165) is 13.2 Å². The summed E-state index contributed by atoms with van der Waals surface area (Å²) in [6.45, 7) is -1.52. The molecule has 0 radical (unpaired) electrons. The van der Waals surface area contributed by atoms with E-state index in [1.165, 1.54) is 24.3 Å². The van der Waals surface area contributed by atoms with E-state index in [2.05, 4.69) is 0 Å². The summed E-state index contributed by atoms with van der Waals surface area (Å²) in [4.78, 5) is 13.9. The van der Waals surface area contributed by atoms with Crippen molar-refractivity contribution in [2.45, 2.75) is 61.4 Å². The van der Waals surface area contributed by atoms with E-state index in [-0.39, 0.29) is 28.6 Å². The van der Waals surface area contributed by atoms with E-state index in [9.17, 15) is 55.9 Å². The fraction of sp³-hybridized carbons (Fsp3) is 0.464. The van der Waals surface area contributed by atoms with Crippen molar-refractivity contribution < 1.29 is 79.2 Å². The smallest absolute Gasteiger partial charge is 0.239 e. The van der Waals surface area contributed by atoms with Crippen LogP contribution in [0.3, 0.4) is 0 Å². The monoisotopic (exact) mass is 640 g/mol. The maximum atomic E-state index is 13.9. The van der Waals surface area contributed by atoms with Crippen molar-refractivity contribution >= 4 is 11.0 Å². The topological polar surface area (TPSA) is 279 Å². The summed E-state index contributed by atoms with van der Waals surface area (Å²) in [7, 11) is 1.16. The van der Waals surface area contributed by atoms with Gasteiger partial charge in [0.05, 0.1) is 20.3 Å². The second-order valence-electron chi connectivity index (χ2n) is 10.4. The Balaban J connectivity index is 1.65. The van der Waals surface area contributed by atoms with Crippen LogP contribution in [-0.4, -0.2) is 133 Å². The van der Waals surface area contributed by atoms with Crippen LogP contribution in [0.1, 0.15) is 0 Å². The van der Waals surface area contributed by atoms with Crippen LogP contribution < -0.4 is 19.6 Å². The van der Waals surface area contributed by atoms with Gasteiger partial charge in [-0.3, -0.25) is 4.79 Å². The molecule has 10 atom stereocenters. The van der Waals surface area contributed by atoms with Crippen LogP contribution in [-0.2, 0) is 9.47 Å². The van der Waals surface area contributed by atoms with Crippen LogP contribution in [0, 0.1) is 0 Å². The zero-order chi connectivity index (χ0) is 32.7. The molecule has 2 saturated heterocycles. The number of aliphatic hydroxyl groups excluding tert-OH is 8. The highest BCUT2D eigenvalue weighted by Gasteiger charge is 2.47. The lowest BCUT2D eigenvalue weighted by molar-refractivity contribution is -0.277. The molecular weight excluding hydrogens is 608 g/mol. The van der Waals surface area contributed by atoms with Crippen LogP contribution in [0.15, 0.2) is 39.5 Å². The van der Waals surface area contributed by atoms with Crippen LogP contribution in [0.2, 0.25) is 0 Å². The molecule has 2 aliphatic rings. The summed E-state index contributed by atoms with van der Waals surface area (Å²) >= 11 is 0. The van der Waals surface area contributed by atoms with Crippen molar-refractivity contribution in [1.82, 2.24) is 0 Å². The minimum Gasteiger partial charge on any atom is -0.508 e. The Morgan fingerprint density at radius 3 is 1.78 bits per heavy atom. The standard InChI is InChI=1S/C28H32O17/c1-40-24-12(41-27-21(38)19(36)16(33)13(7-29)42-27)6-11(32)15-18(35)26(23(44-25(15)24)9-2-4-10(31)5-3-9)45-28-22(39)20(37)17(34)14(8-30)43-28/h2-6,13-14,16-17,19-22,27-34,36-39H,7-8H2,1H3/t13-,14+,16+,17+,19+,20+,21-,22-,27+,28+/m0/s1. The molecule has 0 aliphatic carbocycles. The van der Waals surface area contributed by atoms with E-state index in [1.807, 2.05) is 0 Å². The van der Waals surface area contributed by atoms with Crippen molar-refractivity contribution in [3.8, 4) is 40.1 Å². The maximum absolute atomic E-state index is 13.9. The average molecular weight is 641 g/mol. The van der Waals surface area contributed by atoms with Crippen LogP contribution in [0.25, 0.3) is 22.3 Å². The Kier molecular flexibility index (Phi) is 9.38. The lowest BCUT2D eigenvalue weighted by atomic mass is 9.99. The molecule has 17 heteroatoms. The molecule has 0 spiro atoms. The van der Waals surface area contributed by atoms with E-state index in [0.29, 0.717) is 0 Å². The molecule has 0 bridgehead atoms. The molecule has 2 aromatic carbocycles. The van der Waals surface area contributed by atoms with Gasteiger partial charge in [0.1, 0.15) is 65.7 Å². The van der Waals surface area contributed by atoms with E-state index >= 15 is 0 Å². The molecular formula is C28H32O17. The normalized spacial score (nSPS) is 31.9.